The molecular weight excluding hydrogens is 169 g/mol. The summed E-state index contributed by atoms with van der Waals surface area (Å²) in [5.74, 6) is 0. The first-order chi connectivity index (χ1) is 6.36. The number of alkyl halides is 1. The number of nitrogens with one attached hydrogen (secondary N) is 1. The van der Waals surface area contributed by atoms with Gasteiger partial charge in [-0.3, -0.25) is 4.39 Å². The van der Waals surface area contributed by atoms with Crippen molar-refractivity contribution < 1.29 is 9.60 Å². The van der Waals surface area contributed by atoms with Gasteiger partial charge in [-0.05, 0) is 24.0 Å². The SMILES string of the molecule is ONCc1ccc(CCCF)cc1. The Balaban J connectivity index is 2.48. The van der Waals surface area contributed by atoms with Crippen LogP contribution in [0.25, 0.3) is 0 Å². The van der Waals surface area contributed by atoms with Gasteiger partial charge in [0.1, 0.15) is 0 Å². The number of hydroxylamine groups is 1. The molecule has 0 saturated carbocycles. The van der Waals surface area contributed by atoms with Gasteiger partial charge in [-0.15, -0.1) is 0 Å². The molecule has 0 fully saturated rings. The van der Waals surface area contributed by atoms with E-state index < -0.39 is 0 Å². The van der Waals surface area contributed by atoms with Crippen molar-refractivity contribution in [2.24, 2.45) is 0 Å². The summed E-state index contributed by atoms with van der Waals surface area (Å²) in [5.41, 5.74) is 4.24. The molecule has 0 atom stereocenters. The third-order valence-corrected chi connectivity index (χ3v) is 1.91. The molecule has 13 heavy (non-hydrogen) atoms. The lowest BCUT2D eigenvalue weighted by molar-refractivity contribution is 0.161. The van der Waals surface area contributed by atoms with E-state index in [1.54, 1.807) is 0 Å². The summed E-state index contributed by atoms with van der Waals surface area (Å²) in [6.45, 7) is 0.184. The van der Waals surface area contributed by atoms with E-state index in [-0.39, 0.29) is 6.67 Å². The first kappa shape index (κ1) is 10.2. The molecule has 2 N–H and O–H groups in total. The normalized spacial score (nSPS) is 10.3. The number of hydrogen-bond donors (Lipinski definition) is 2. The zero-order valence-electron chi connectivity index (χ0n) is 7.46. The van der Waals surface area contributed by atoms with Gasteiger partial charge in [-0.25, -0.2) is 5.48 Å². The predicted octanol–water partition coefficient (Wildman–Crippen LogP) is 2.07. The number of benzene rings is 1. The molecule has 0 spiro atoms. The second-order valence-corrected chi connectivity index (χ2v) is 2.94. The van der Waals surface area contributed by atoms with Crippen molar-refractivity contribution in [1.82, 2.24) is 5.48 Å². The lowest BCUT2D eigenvalue weighted by atomic mass is 10.1. The average molecular weight is 183 g/mol. The third-order valence-electron chi connectivity index (χ3n) is 1.91. The van der Waals surface area contributed by atoms with Crippen molar-refractivity contribution in [2.75, 3.05) is 6.67 Å². The van der Waals surface area contributed by atoms with Gasteiger partial charge in [-0.1, -0.05) is 24.3 Å². The van der Waals surface area contributed by atoms with Gasteiger partial charge >= 0.3 is 0 Å². The van der Waals surface area contributed by atoms with Gasteiger partial charge in [-0.2, -0.15) is 0 Å². The molecule has 0 aliphatic heterocycles. The van der Waals surface area contributed by atoms with Crippen LogP contribution >= 0.6 is 0 Å². The van der Waals surface area contributed by atoms with Crippen molar-refractivity contribution in [3.8, 4) is 0 Å². The van der Waals surface area contributed by atoms with Gasteiger partial charge in [0.05, 0.1) is 6.67 Å². The van der Waals surface area contributed by atoms with E-state index in [2.05, 4.69) is 5.48 Å². The topological polar surface area (TPSA) is 32.3 Å². The van der Waals surface area contributed by atoms with Crippen LogP contribution < -0.4 is 5.48 Å². The molecule has 0 aliphatic carbocycles. The molecule has 0 amide bonds. The molecule has 0 radical (unpaired) electrons. The minimum absolute atomic E-state index is 0.264. The van der Waals surface area contributed by atoms with E-state index in [0.717, 1.165) is 17.5 Å². The van der Waals surface area contributed by atoms with E-state index >= 15 is 0 Å². The Hall–Kier alpha value is -0.930. The summed E-state index contributed by atoms with van der Waals surface area (Å²) < 4.78 is 11.8. The van der Waals surface area contributed by atoms with Crippen molar-refractivity contribution in [2.45, 2.75) is 19.4 Å². The lowest BCUT2D eigenvalue weighted by Crippen LogP contribution is -2.05. The van der Waals surface area contributed by atoms with Crippen molar-refractivity contribution >= 4 is 0 Å². The Morgan fingerprint density at radius 2 is 1.77 bits per heavy atom. The van der Waals surface area contributed by atoms with Gasteiger partial charge < -0.3 is 5.21 Å². The molecule has 1 rings (SSSR count). The largest absolute Gasteiger partial charge is 0.316 e. The van der Waals surface area contributed by atoms with Gasteiger partial charge in [0.15, 0.2) is 0 Å². The van der Waals surface area contributed by atoms with Gasteiger partial charge in [0.25, 0.3) is 0 Å². The second-order valence-electron chi connectivity index (χ2n) is 2.94. The zero-order valence-corrected chi connectivity index (χ0v) is 7.46. The Labute approximate surface area is 77.4 Å². The number of hydrogen-bond acceptors (Lipinski definition) is 2. The van der Waals surface area contributed by atoms with Crippen LogP contribution in [0.5, 0.6) is 0 Å². The maximum atomic E-state index is 11.8. The maximum absolute atomic E-state index is 11.8. The molecule has 1 aromatic carbocycles. The highest BCUT2D eigenvalue weighted by atomic mass is 19.1. The van der Waals surface area contributed by atoms with Crippen LogP contribution in [0.1, 0.15) is 17.5 Å². The standard InChI is InChI=1S/C10H14FNO/c11-7-1-2-9-3-5-10(6-4-9)8-12-13/h3-6,12-13H,1-2,7-8H2. The first-order valence-electron chi connectivity index (χ1n) is 4.37. The summed E-state index contributed by atoms with van der Waals surface area (Å²) in [5, 5.41) is 8.43. The molecule has 2 nitrogen and oxygen atoms in total. The van der Waals surface area contributed by atoms with E-state index in [9.17, 15) is 4.39 Å². The van der Waals surface area contributed by atoms with Crippen LogP contribution in [0.4, 0.5) is 4.39 Å². The number of rotatable bonds is 5. The van der Waals surface area contributed by atoms with Crippen LogP contribution in [0, 0.1) is 0 Å². The average Bonchev–Trinajstić information content (AvgIpc) is 2.17. The highest BCUT2D eigenvalue weighted by Crippen LogP contribution is 2.06. The van der Waals surface area contributed by atoms with Crippen LogP contribution in [-0.4, -0.2) is 11.9 Å². The maximum Gasteiger partial charge on any atom is 0.0897 e. The first-order valence-corrected chi connectivity index (χ1v) is 4.37. The monoisotopic (exact) mass is 183 g/mol. The molecule has 3 heteroatoms. The Kier molecular flexibility index (Phi) is 4.43. The van der Waals surface area contributed by atoms with Crippen LogP contribution in [0.3, 0.4) is 0 Å². The summed E-state index contributed by atoms with van der Waals surface area (Å²) in [6, 6.07) is 7.78. The summed E-state index contributed by atoms with van der Waals surface area (Å²) in [4.78, 5) is 0. The number of aryl methyl sites for hydroxylation is 1. The minimum Gasteiger partial charge on any atom is -0.316 e. The minimum atomic E-state index is -0.264. The molecule has 1 aromatic rings. The van der Waals surface area contributed by atoms with Crippen LogP contribution in [0.2, 0.25) is 0 Å². The van der Waals surface area contributed by atoms with Crippen LogP contribution in [0.15, 0.2) is 24.3 Å². The summed E-state index contributed by atoms with van der Waals surface area (Å²) >= 11 is 0. The van der Waals surface area contributed by atoms with Gasteiger partial charge in [0, 0.05) is 6.54 Å². The molecule has 0 aromatic heterocycles. The summed E-state index contributed by atoms with van der Waals surface area (Å²) in [7, 11) is 0. The van der Waals surface area contributed by atoms with E-state index in [1.165, 1.54) is 0 Å². The fourth-order valence-electron chi connectivity index (χ4n) is 1.19. The highest BCUT2D eigenvalue weighted by molar-refractivity contribution is 5.22. The number of halogens is 1. The van der Waals surface area contributed by atoms with E-state index in [0.29, 0.717) is 13.0 Å². The lowest BCUT2D eigenvalue weighted by Gasteiger charge is -2.01. The van der Waals surface area contributed by atoms with Crippen molar-refractivity contribution in [3.05, 3.63) is 35.4 Å². The third kappa shape index (κ3) is 3.53. The smallest absolute Gasteiger partial charge is 0.0897 e. The Bertz CT molecular complexity index is 235. The molecule has 0 saturated heterocycles. The van der Waals surface area contributed by atoms with Crippen LogP contribution in [-0.2, 0) is 13.0 Å². The predicted molar refractivity (Wildman–Crippen MR) is 49.4 cm³/mol. The Morgan fingerprint density at radius 3 is 2.31 bits per heavy atom. The van der Waals surface area contributed by atoms with E-state index in [4.69, 9.17) is 5.21 Å². The molecule has 72 valence electrons. The molecule has 0 heterocycles. The zero-order chi connectivity index (χ0) is 9.52. The summed E-state index contributed by atoms with van der Waals surface area (Å²) in [6.07, 6.45) is 1.36. The molecule has 0 aliphatic rings. The fourth-order valence-corrected chi connectivity index (χ4v) is 1.19. The Morgan fingerprint density at radius 1 is 1.15 bits per heavy atom. The van der Waals surface area contributed by atoms with E-state index in [1.807, 2.05) is 24.3 Å². The van der Waals surface area contributed by atoms with Crippen molar-refractivity contribution in [3.63, 3.8) is 0 Å². The highest BCUT2D eigenvalue weighted by Gasteiger charge is 1.94. The van der Waals surface area contributed by atoms with Crippen molar-refractivity contribution in [1.29, 1.82) is 0 Å². The molecule has 0 bridgehead atoms. The van der Waals surface area contributed by atoms with Gasteiger partial charge in [0.2, 0.25) is 0 Å². The second kappa shape index (κ2) is 5.67. The molecule has 0 unspecified atom stereocenters. The fraction of sp³-hybridized carbons (Fsp3) is 0.400. The molecular formula is C10H14FNO. The quantitative estimate of drug-likeness (QED) is 0.685.